The first-order chi connectivity index (χ1) is 11.3. The van der Waals surface area contributed by atoms with Crippen molar-refractivity contribution in [3.63, 3.8) is 0 Å². The van der Waals surface area contributed by atoms with Crippen molar-refractivity contribution in [3.8, 4) is 0 Å². The van der Waals surface area contributed by atoms with Crippen LogP contribution in [0.15, 0.2) is 41.4 Å². The van der Waals surface area contributed by atoms with Crippen LogP contribution < -0.4 is 10.0 Å². The second-order valence-electron chi connectivity index (χ2n) is 5.21. The van der Waals surface area contributed by atoms with Gasteiger partial charge in [0, 0.05) is 11.9 Å². The Bertz CT molecular complexity index is 853. The first kappa shape index (κ1) is 18.4. The molecule has 24 heavy (non-hydrogen) atoms. The maximum absolute atomic E-state index is 12.2. The first-order valence-electron chi connectivity index (χ1n) is 7.32. The summed E-state index contributed by atoms with van der Waals surface area (Å²) in [6.07, 6.45) is 2.00. The minimum atomic E-state index is -3.83. The molecular weight excluding hydrogens is 350 g/mol. The zero-order chi connectivity index (χ0) is 17.7. The summed E-state index contributed by atoms with van der Waals surface area (Å²) in [5, 5.41) is 2.90. The van der Waals surface area contributed by atoms with Gasteiger partial charge in [0.1, 0.15) is 10.0 Å². The third kappa shape index (κ3) is 4.77. The molecule has 1 amide bonds. The van der Waals surface area contributed by atoms with E-state index in [0.717, 1.165) is 18.2 Å². The summed E-state index contributed by atoms with van der Waals surface area (Å²) >= 11 is 5.78. The van der Waals surface area contributed by atoms with Crippen molar-refractivity contribution >= 4 is 33.2 Å². The number of rotatable bonds is 6. The van der Waals surface area contributed by atoms with E-state index in [1.54, 1.807) is 13.0 Å². The van der Waals surface area contributed by atoms with Gasteiger partial charge < -0.3 is 5.32 Å². The smallest absolute Gasteiger partial charge is 0.242 e. The van der Waals surface area contributed by atoms with E-state index >= 15 is 0 Å². The van der Waals surface area contributed by atoms with Gasteiger partial charge in [-0.15, -0.1) is 0 Å². The molecule has 0 spiro atoms. The van der Waals surface area contributed by atoms with E-state index < -0.39 is 15.9 Å². The van der Waals surface area contributed by atoms with Gasteiger partial charge >= 0.3 is 0 Å². The summed E-state index contributed by atoms with van der Waals surface area (Å²) in [6, 6.07) is 8.78. The average Bonchev–Trinajstić information content (AvgIpc) is 2.55. The molecule has 128 valence electrons. The molecule has 0 saturated carbocycles. The predicted molar refractivity (Wildman–Crippen MR) is 93.6 cm³/mol. The van der Waals surface area contributed by atoms with E-state index in [9.17, 15) is 13.2 Å². The van der Waals surface area contributed by atoms with Gasteiger partial charge in [-0.05, 0) is 42.7 Å². The number of nitrogens with zero attached hydrogens (tertiary/aromatic N) is 1. The summed E-state index contributed by atoms with van der Waals surface area (Å²) in [5.74, 6) is -0.453. The summed E-state index contributed by atoms with van der Waals surface area (Å²) in [4.78, 5) is 15.7. The number of carbonyl (C=O) groups is 1. The quantitative estimate of drug-likeness (QED) is 0.768. The number of aromatic nitrogens is 1. The molecule has 0 saturated heterocycles. The SMILES string of the molecule is CCc1cccc(NC(=O)CNS(=O)(=O)c2cnc(Cl)c(C)c2)c1. The monoisotopic (exact) mass is 367 g/mol. The van der Waals surface area contributed by atoms with Gasteiger partial charge in [0.15, 0.2) is 0 Å². The molecule has 6 nitrogen and oxygen atoms in total. The Balaban J connectivity index is 2.00. The molecule has 1 aromatic heterocycles. The first-order valence-corrected chi connectivity index (χ1v) is 9.18. The number of aryl methyl sites for hydroxylation is 2. The molecule has 0 aliphatic carbocycles. The number of sulfonamides is 1. The number of nitrogens with one attached hydrogen (secondary N) is 2. The Hall–Kier alpha value is -1.96. The van der Waals surface area contributed by atoms with Gasteiger partial charge in [0.2, 0.25) is 15.9 Å². The number of pyridine rings is 1. The maximum atomic E-state index is 12.2. The third-order valence-corrected chi connectivity index (χ3v) is 5.11. The van der Waals surface area contributed by atoms with Crippen molar-refractivity contribution in [2.24, 2.45) is 0 Å². The van der Waals surface area contributed by atoms with Crippen molar-refractivity contribution in [1.82, 2.24) is 9.71 Å². The van der Waals surface area contributed by atoms with Crippen molar-refractivity contribution in [3.05, 3.63) is 52.8 Å². The van der Waals surface area contributed by atoms with Crippen LogP contribution in [0.2, 0.25) is 5.15 Å². The van der Waals surface area contributed by atoms with E-state index in [2.05, 4.69) is 15.0 Å². The normalized spacial score (nSPS) is 11.3. The molecule has 0 atom stereocenters. The maximum Gasteiger partial charge on any atom is 0.242 e. The highest BCUT2D eigenvalue weighted by atomic mass is 35.5. The fourth-order valence-corrected chi connectivity index (χ4v) is 3.11. The number of hydrogen-bond acceptors (Lipinski definition) is 4. The van der Waals surface area contributed by atoms with Gasteiger partial charge in [-0.1, -0.05) is 30.7 Å². The Morgan fingerprint density at radius 2 is 2.04 bits per heavy atom. The fourth-order valence-electron chi connectivity index (χ4n) is 2.00. The van der Waals surface area contributed by atoms with Crippen LogP contribution in [0.3, 0.4) is 0 Å². The highest BCUT2D eigenvalue weighted by molar-refractivity contribution is 7.89. The second kappa shape index (κ2) is 7.74. The molecule has 0 aliphatic rings. The van der Waals surface area contributed by atoms with Gasteiger partial charge in [-0.3, -0.25) is 4.79 Å². The Kier molecular flexibility index (Phi) is 5.93. The molecule has 0 radical (unpaired) electrons. The van der Waals surface area contributed by atoms with Crippen LogP contribution in [0, 0.1) is 6.92 Å². The lowest BCUT2D eigenvalue weighted by atomic mass is 10.1. The summed E-state index contributed by atoms with van der Waals surface area (Å²) in [7, 11) is -3.83. The average molecular weight is 368 g/mol. The van der Waals surface area contributed by atoms with Crippen LogP contribution >= 0.6 is 11.6 Å². The summed E-state index contributed by atoms with van der Waals surface area (Å²) in [6.45, 7) is 3.29. The number of halogens is 1. The lowest BCUT2D eigenvalue weighted by Gasteiger charge is -2.09. The minimum absolute atomic E-state index is 0.0369. The van der Waals surface area contributed by atoms with Gasteiger partial charge in [-0.25, -0.2) is 18.1 Å². The van der Waals surface area contributed by atoms with Gasteiger partial charge in [0.25, 0.3) is 0 Å². The van der Waals surface area contributed by atoms with Crippen LogP contribution in [0.25, 0.3) is 0 Å². The molecule has 0 bridgehead atoms. The molecule has 2 aromatic rings. The topological polar surface area (TPSA) is 88.2 Å². The van der Waals surface area contributed by atoms with Crippen molar-refractivity contribution < 1.29 is 13.2 Å². The molecular formula is C16H18ClN3O3S. The number of benzene rings is 1. The summed E-state index contributed by atoms with van der Waals surface area (Å²) < 4.78 is 26.6. The highest BCUT2D eigenvalue weighted by Crippen LogP contribution is 2.16. The van der Waals surface area contributed by atoms with Crippen LogP contribution in [0.1, 0.15) is 18.1 Å². The van der Waals surface area contributed by atoms with E-state index in [-0.39, 0.29) is 16.6 Å². The Morgan fingerprint density at radius 3 is 2.71 bits per heavy atom. The van der Waals surface area contributed by atoms with Gasteiger partial charge in [-0.2, -0.15) is 0 Å². The van der Waals surface area contributed by atoms with Crippen molar-refractivity contribution in [2.75, 3.05) is 11.9 Å². The van der Waals surface area contributed by atoms with Crippen LogP contribution in [-0.2, 0) is 21.2 Å². The Labute approximate surface area is 146 Å². The largest absolute Gasteiger partial charge is 0.325 e. The number of anilines is 1. The third-order valence-electron chi connectivity index (χ3n) is 3.34. The lowest BCUT2D eigenvalue weighted by molar-refractivity contribution is -0.115. The number of hydrogen-bond donors (Lipinski definition) is 2. The van der Waals surface area contributed by atoms with Crippen LogP contribution in [0.5, 0.6) is 0 Å². The molecule has 0 fully saturated rings. The molecule has 8 heteroatoms. The highest BCUT2D eigenvalue weighted by Gasteiger charge is 2.17. The molecule has 1 heterocycles. The number of carbonyl (C=O) groups excluding carboxylic acids is 1. The molecule has 1 aromatic carbocycles. The van der Waals surface area contributed by atoms with E-state index in [1.165, 1.54) is 6.07 Å². The zero-order valence-electron chi connectivity index (χ0n) is 13.3. The van der Waals surface area contributed by atoms with Crippen LogP contribution in [-0.4, -0.2) is 25.9 Å². The van der Waals surface area contributed by atoms with Crippen molar-refractivity contribution in [2.45, 2.75) is 25.2 Å². The van der Waals surface area contributed by atoms with Gasteiger partial charge in [0.05, 0.1) is 6.54 Å². The molecule has 2 N–H and O–H groups in total. The van der Waals surface area contributed by atoms with Crippen molar-refractivity contribution in [1.29, 1.82) is 0 Å². The van der Waals surface area contributed by atoms with E-state index in [4.69, 9.17) is 11.6 Å². The van der Waals surface area contributed by atoms with E-state index in [0.29, 0.717) is 11.3 Å². The standard InChI is InChI=1S/C16H18ClN3O3S/c1-3-12-5-4-6-13(8-12)20-15(21)10-19-24(22,23)14-7-11(2)16(17)18-9-14/h4-9,19H,3,10H2,1-2H3,(H,20,21). The molecule has 0 aliphatic heterocycles. The Morgan fingerprint density at radius 1 is 1.29 bits per heavy atom. The predicted octanol–water partition coefficient (Wildman–Crippen LogP) is 2.52. The van der Waals surface area contributed by atoms with Crippen LogP contribution in [0.4, 0.5) is 5.69 Å². The fraction of sp³-hybridized carbons (Fsp3) is 0.250. The zero-order valence-corrected chi connectivity index (χ0v) is 14.9. The number of amides is 1. The summed E-state index contributed by atoms with van der Waals surface area (Å²) in [5.41, 5.74) is 2.25. The van der Waals surface area contributed by atoms with E-state index in [1.807, 2.05) is 25.1 Å². The molecule has 2 rings (SSSR count). The molecule has 0 unspecified atom stereocenters. The second-order valence-corrected chi connectivity index (χ2v) is 7.33. The minimum Gasteiger partial charge on any atom is -0.325 e. The lowest BCUT2D eigenvalue weighted by Crippen LogP contribution is -2.33.